The molecule has 0 radical (unpaired) electrons. The lowest BCUT2D eigenvalue weighted by atomic mass is 10.2. The van der Waals surface area contributed by atoms with E-state index in [4.69, 9.17) is 5.73 Å². The van der Waals surface area contributed by atoms with Gasteiger partial charge in [-0.1, -0.05) is 0 Å². The van der Waals surface area contributed by atoms with E-state index in [1.54, 1.807) is 0 Å². The average molecular weight is 280 g/mol. The van der Waals surface area contributed by atoms with Gasteiger partial charge < -0.3 is 5.73 Å². The molecule has 1 heterocycles. The van der Waals surface area contributed by atoms with Crippen molar-refractivity contribution in [3.05, 3.63) is 0 Å². The molecule has 1 saturated heterocycles. The standard InChI is InChI=1S/C9H19F2N3.2ClH/c1-8(12)6-13-2-4-14(5-3-13)7-9(10)11;;/h8-9H,2-7,12H2,1H3;2*1H. The van der Waals surface area contributed by atoms with Crippen LogP contribution in [0.15, 0.2) is 0 Å². The number of halogens is 4. The Hall–Kier alpha value is 0.320. The molecule has 0 saturated carbocycles. The molecule has 16 heavy (non-hydrogen) atoms. The van der Waals surface area contributed by atoms with E-state index in [0.717, 1.165) is 32.7 Å². The van der Waals surface area contributed by atoms with Crippen LogP contribution in [-0.2, 0) is 0 Å². The van der Waals surface area contributed by atoms with Gasteiger partial charge in [-0.05, 0) is 6.92 Å². The largest absolute Gasteiger partial charge is 0.327 e. The van der Waals surface area contributed by atoms with Gasteiger partial charge in [-0.3, -0.25) is 9.80 Å². The van der Waals surface area contributed by atoms with Gasteiger partial charge in [0.25, 0.3) is 6.43 Å². The molecule has 1 atom stereocenters. The summed E-state index contributed by atoms with van der Waals surface area (Å²) < 4.78 is 24.1. The van der Waals surface area contributed by atoms with E-state index in [9.17, 15) is 8.78 Å². The van der Waals surface area contributed by atoms with Crippen LogP contribution in [0.1, 0.15) is 6.92 Å². The Morgan fingerprint density at radius 2 is 1.38 bits per heavy atom. The van der Waals surface area contributed by atoms with Gasteiger partial charge in [0.15, 0.2) is 0 Å². The molecule has 0 bridgehead atoms. The monoisotopic (exact) mass is 279 g/mol. The van der Waals surface area contributed by atoms with E-state index in [1.807, 2.05) is 11.8 Å². The van der Waals surface area contributed by atoms with Gasteiger partial charge in [0.05, 0.1) is 6.54 Å². The third-order valence-electron chi connectivity index (χ3n) is 2.41. The van der Waals surface area contributed by atoms with Gasteiger partial charge >= 0.3 is 0 Å². The van der Waals surface area contributed by atoms with Crippen molar-refractivity contribution in [1.82, 2.24) is 9.80 Å². The number of nitrogens with two attached hydrogens (primary N) is 1. The first-order valence-corrected chi connectivity index (χ1v) is 5.06. The fourth-order valence-corrected chi connectivity index (χ4v) is 1.76. The zero-order valence-corrected chi connectivity index (χ0v) is 11.1. The topological polar surface area (TPSA) is 32.5 Å². The summed E-state index contributed by atoms with van der Waals surface area (Å²) in [7, 11) is 0. The number of rotatable bonds is 4. The maximum atomic E-state index is 12.1. The molecule has 1 aliphatic rings. The Morgan fingerprint density at radius 1 is 1.00 bits per heavy atom. The lowest BCUT2D eigenvalue weighted by Gasteiger charge is -2.35. The van der Waals surface area contributed by atoms with E-state index in [-0.39, 0.29) is 37.4 Å². The molecule has 0 aromatic carbocycles. The zero-order valence-electron chi connectivity index (χ0n) is 9.44. The van der Waals surface area contributed by atoms with E-state index in [1.165, 1.54) is 0 Å². The molecule has 0 aliphatic carbocycles. The van der Waals surface area contributed by atoms with Gasteiger partial charge in [0.1, 0.15) is 0 Å². The summed E-state index contributed by atoms with van der Waals surface area (Å²) in [6.45, 7) is 5.91. The van der Waals surface area contributed by atoms with Crippen LogP contribution in [0.5, 0.6) is 0 Å². The SMILES string of the molecule is CC(N)CN1CCN(CC(F)F)CC1.Cl.Cl. The lowest BCUT2D eigenvalue weighted by molar-refractivity contribution is 0.0552. The molecule has 1 unspecified atom stereocenters. The third kappa shape index (κ3) is 7.57. The summed E-state index contributed by atoms with van der Waals surface area (Å²) in [4.78, 5) is 4.04. The molecule has 7 heteroatoms. The molecule has 0 spiro atoms. The molecule has 2 N–H and O–H groups in total. The first-order chi connectivity index (χ1) is 6.58. The second kappa shape index (κ2) is 9.36. The Balaban J connectivity index is 0. The second-order valence-corrected chi connectivity index (χ2v) is 3.97. The van der Waals surface area contributed by atoms with E-state index < -0.39 is 6.43 Å². The highest BCUT2D eigenvalue weighted by Gasteiger charge is 2.19. The predicted octanol–water partition coefficient (Wildman–Crippen LogP) is 1.06. The molecule has 0 aromatic heterocycles. The summed E-state index contributed by atoms with van der Waals surface area (Å²) in [6, 6.07) is 0.164. The summed E-state index contributed by atoms with van der Waals surface area (Å²) in [5, 5.41) is 0. The maximum absolute atomic E-state index is 12.1. The zero-order chi connectivity index (χ0) is 10.6. The molecule has 0 amide bonds. The second-order valence-electron chi connectivity index (χ2n) is 3.97. The summed E-state index contributed by atoms with van der Waals surface area (Å²) in [6.07, 6.45) is -2.21. The first-order valence-electron chi connectivity index (χ1n) is 5.06. The fraction of sp³-hybridized carbons (Fsp3) is 1.00. The Morgan fingerprint density at radius 3 is 1.69 bits per heavy atom. The number of hydrogen-bond acceptors (Lipinski definition) is 3. The van der Waals surface area contributed by atoms with Gasteiger partial charge in [-0.15, -0.1) is 24.8 Å². The van der Waals surface area contributed by atoms with Gasteiger partial charge in [0.2, 0.25) is 0 Å². The highest BCUT2D eigenvalue weighted by molar-refractivity contribution is 5.85. The lowest BCUT2D eigenvalue weighted by Crippen LogP contribution is -2.50. The van der Waals surface area contributed by atoms with Crippen molar-refractivity contribution in [1.29, 1.82) is 0 Å². The minimum absolute atomic E-state index is 0. The van der Waals surface area contributed by atoms with Gasteiger partial charge in [-0.25, -0.2) is 8.78 Å². The third-order valence-corrected chi connectivity index (χ3v) is 2.41. The Kier molecular flexibility index (Phi) is 10.9. The quantitative estimate of drug-likeness (QED) is 0.836. The van der Waals surface area contributed by atoms with Crippen LogP contribution >= 0.6 is 24.8 Å². The van der Waals surface area contributed by atoms with Crippen LogP contribution in [0.25, 0.3) is 0 Å². The fourth-order valence-electron chi connectivity index (χ4n) is 1.76. The smallest absolute Gasteiger partial charge is 0.251 e. The minimum atomic E-state index is -2.21. The number of alkyl halides is 2. The highest BCUT2D eigenvalue weighted by Crippen LogP contribution is 2.04. The van der Waals surface area contributed by atoms with Crippen molar-refractivity contribution in [2.45, 2.75) is 19.4 Å². The molecular weight excluding hydrogens is 259 g/mol. The van der Waals surface area contributed by atoms with Crippen molar-refractivity contribution in [3.63, 3.8) is 0 Å². The normalized spacial score (nSPS) is 20.1. The van der Waals surface area contributed by atoms with E-state index >= 15 is 0 Å². The van der Waals surface area contributed by atoms with Crippen LogP contribution in [0.3, 0.4) is 0 Å². The van der Waals surface area contributed by atoms with Crippen molar-refractivity contribution in [2.24, 2.45) is 5.73 Å². The van der Waals surface area contributed by atoms with Crippen molar-refractivity contribution < 1.29 is 8.78 Å². The van der Waals surface area contributed by atoms with Crippen molar-refractivity contribution in [3.8, 4) is 0 Å². The minimum Gasteiger partial charge on any atom is -0.327 e. The van der Waals surface area contributed by atoms with Crippen LogP contribution in [0.2, 0.25) is 0 Å². The van der Waals surface area contributed by atoms with Gasteiger partial charge in [0, 0.05) is 38.8 Å². The van der Waals surface area contributed by atoms with Crippen molar-refractivity contribution in [2.75, 3.05) is 39.3 Å². The number of nitrogens with zero attached hydrogens (tertiary/aromatic N) is 2. The molecule has 1 aliphatic heterocycles. The van der Waals surface area contributed by atoms with Crippen LogP contribution < -0.4 is 5.73 Å². The first kappa shape index (κ1) is 18.7. The van der Waals surface area contributed by atoms with Crippen LogP contribution in [0.4, 0.5) is 8.78 Å². The average Bonchev–Trinajstić information content (AvgIpc) is 2.06. The molecule has 0 aromatic rings. The highest BCUT2D eigenvalue weighted by atomic mass is 35.5. The molecule has 3 nitrogen and oxygen atoms in total. The van der Waals surface area contributed by atoms with E-state index in [2.05, 4.69) is 4.90 Å². The molecule has 100 valence electrons. The van der Waals surface area contributed by atoms with Crippen LogP contribution in [0, 0.1) is 0 Å². The Bertz CT molecular complexity index is 147. The molecule has 1 rings (SSSR count). The van der Waals surface area contributed by atoms with Gasteiger partial charge in [-0.2, -0.15) is 0 Å². The van der Waals surface area contributed by atoms with Crippen LogP contribution in [-0.4, -0.2) is 61.5 Å². The molecular formula is C9H21Cl2F2N3. The number of hydrogen-bond donors (Lipinski definition) is 1. The van der Waals surface area contributed by atoms with E-state index in [0.29, 0.717) is 0 Å². The maximum Gasteiger partial charge on any atom is 0.251 e. The van der Waals surface area contributed by atoms with Crippen molar-refractivity contribution >= 4 is 24.8 Å². The molecule has 1 fully saturated rings. The summed E-state index contributed by atoms with van der Waals surface area (Å²) >= 11 is 0. The Labute approximate surface area is 108 Å². The summed E-state index contributed by atoms with van der Waals surface area (Å²) in [5.41, 5.74) is 5.66. The summed E-state index contributed by atoms with van der Waals surface area (Å²) in [5.74, 6) is 0. The number of piperazine rings is 1. The predicted molar refractivity (Wildman–Crippen MR) is 67.0 cm³/mol.